The summed E-state index contributed by atoms with van der Waals surface area (Å²) in [6, 6.07) is 8.17. The van der Waals surface area contributed by atoms with Gasteiger partial charge in [-0.05, 0) is 35.5 Å². The molecule has 1 amide bonds. The average molecular weight is 289 g/mol. The second-order valence-electron chi connectivity index (χ2n) is 6.18. The number of rotatable bonds is 7. The Morgan fingerprint density at radius 3 is 2.33 bits per heavy atom. The summed E-state index contributed by atoms with van der Waals surface area (Å²) in [6.45, 7) is 8.70. The number of nitrogens with one attached hydrogen (secondary N) is 1. The first kappa shape index (κ1) is 17.4. The summed E-state index contributed by atoms with van der Waals surface area (Å²) in [6.07, 6.45) is 3.51. The predicted molar refractivity (Wildman–Crippen MR) is 88.0 cm³/mol. The van der Waals surface area contributed by atoms with Crippen molar-refractivity contribution in [2.24, 2.45) is 5.92 Å². The lowest BCUT2D eigenvalue weighted by atomic mass is 10.0. The number of carbonyl (C=O) groups excluding carboxylic acids is 1. The second kappa shape index (κ2) is 8.63. The van der Waals surface area contributed by atoms with E-state index in [4.69, 9.17) is 0 Å². The monoisotopic (exact) mass is 289 g/mol. The Balaban J connectivity index is 2.43. The van der Waals surface area contributed by atoms with Crippen LogP contribution in [0.2, 0.25) is 0 Å². The maximum atomic E-state index is 11.7. The summed E-state index contributed by atoms with van der Waals surface area (Å²) in [5.41, 5.74) is 2.28. The Bertz CT molecular complexity index is 461. The summed E-state index contributed by atoms with van der Waals surface area (Å²) in [4.78, 5) is 11.7. The van der Waals surface area contributed by atoms with Crippen molar-refractivity contribution in [1.29, 1.82) is 0 Å². The van der Waals surface area contributed by atoms with Gasteiger partial charge in [0.25, 0.3) is 0 Å². The van der Waals surface area contributed by atoms with E-state index in [9.17, 15) is 9.90 Å². The van der Waals surface area contributed by atoms with Gasteiger partial charge in [0.1, 0.15) is 0 Å². The molecule has 1 aromatic rings. The Hall–Kier alpha value is -1.61. The van der Waals surface area contributed by atoms with Gasteiger partial charge in [-0.1, -0.05) is 52.0 Å². The highest BCUT2D eigenvalue weighted by atomic mass is 16.3. The molecule has 0 aliphatic rings. The molecule has 0 saturated carbocycles. The molecule has 2 N–H and O–H groups in total. The van der Waals surface area contributed by atoms with E-state index in [-0.39, 0.29) is 5.91 Å². The number of amides is 1. The van der Waals surface area contributed by atoms with Crippen LogP contribution in [0.15, 0.2) is 30.3 Å². The lowest BCUT2D eigenvalue weighted by Crippen LogP contribution is -2.31. The van der Waals surface area contributed by atoms with E-state index < -0.39 is 6.10 Å². The molecule has 0 aromatic heterocycles. The Morgan fingerprint density at radius 1 is 1.19 bits per heavy atom. The molecule has 0 spiro atoms. The average Bonchev–Trinajstić information content (AvgIpc) is 2.42. The summed E-state index contributed by atoms with van der Waals surface area (Å²) in [7, 11) is 0. The highest BCUT2D eigenvalue weighted by Crippen LogP contribution is 2.15. The SMILES string of the molecule is CC(C)CC(O)CNC(=O)/C=C/c1ccc(C(C)C)cc1. The molecule has 3 heteroatoms. The van der Waals surface area contributed by atoms with E-state index in [2.05, 4.69) is 31.3 Å². The Kier molecular flexibility index (Phi) is 7.17. The number of carbonyl (C=O) groups is 1. The zero-order chi connectivity index (χ0) is 15.8. The van der Waals surface area contributed by atoms with Crippen LogP contribution in [0.4, 0.5) is 0 Å². The van der Waals surface area contributed by atoms with Crippen LogP contribution in [0.25, 0.3) is 6.08 Å². The zero-order valence-corrected chi connectivity index (χ0v) is 13.5. The highest BCUT2D eigenvalue weighted by molar-refractivity contribution is 5.91. The third kappa shape index (κ3) is 7.09. The minimum atomic E-state index is -0.479. The second-order valence-corrected chi connectivity index (χ2v) is 6.18. The molecular weight excluding hydrogens is 262 g/mol. The fourth-order valence-electron chi connectivity index (χ4n) is 2.07. The van der Waals surface area contributed by atoms with E-state index >= 15 is 0 Å². The van der Waals surface area contributed by atoms with Gasteiger partial charge in [-0.3, -0.25) is 4.79 Å². The van der Waals surface area contributed by atoms with Crippen molar-refractivity contribution in [1.82, 2.24) is 5.32 Å². The van der Waals surface area contributed by atoms with Gasteiger partial charge in [0, 0.05) is 12.6 Å². The van der Waals surface area contributed by atoms with Crippen molar-refractivity contribution in [3.05, 3.63) is 41.5 Å². The fourth-order valence-corrected chi connectivity index (χ4v) is 2.07. The third-order valence-corrected chi connectivity index (χ3v) is 3.29. The number of hydrogen-bond donors (Lipinski definition) is 2. The van der Waals surface area contributed by atoms with Crippen LogP contribution in [-0.4, -0.2) is 23.7 Å². The van der Waals surface area contributed by atoms with Crippen molar-refractivity contribution in [3.8, 4) is 0 Å². The minimum Gasteiger partial charge on any atom is -0.391 e. The number of aliphatic hydroxyl groups excluding tert-OH is 1. The highest BCUT2D eigenvalue weighted by Gasteiger charge is 2.07. The predicted octanol–water partition coefficient (Wildman–Crippen LogP) is 3.35. The molecule has 1 rings (SSSR count). The van der Waals surface area contributed by atoms with Crippen LogP contribution >= 0.6 is 0 Å². The molecule has 1 atom stereocenters. The molecule has 1 aromatic carbocycles. The van der Waals surface area contributed by atoms with Gasteiger partial charge in [-0.15, -0.1) is 0 Å². The van der Waals surface area contributed by atoms with Gasteiger partial charge in [-0.2, -0.15) is 0 Å². The van der Waals surface area contributed by atoms with Crippen molar-refractivity contribution in [2.75, 3.05) is 6.54 Å². The molecule has 116 valence electrons. The summed E-state index contributed by atoms with van der Waals surface area (Å²) < 4.78 is 0. The summed E-state index contributed by atoms with van der Waals surface area (Å²) in [5.74, 6) is 0.756. The molecule has 1 unspecified atom stereocenters. The first-order valence-electron chi connectivity index (χ1n) is 7.62. The molecule has 0 fully saturated rings. The maximum Gasteiger partial charge on any atom is 0.244 e. The fraction of sp³-hybridized carbons (Fsp3) is 0.500. The van der Waals surface area contributed by atoms with Crippen LogP contribution in [0.5, 0.6) is 0 Å². The lowest BCUT2D eigenvalue weighted by molar-refractivity contribution is -0.116. The van der Waals surface area contributed by atoms with Crippen molar-refractivity contribution in [3.63, 3.8) is 0 Å². The van der Waals surface area contributed by atoms with Crippen LogP contribution in [0.1, 0.15) is 51.2 Å². The Morgan fingerprint density at radius 2 is 1.81 bits per heavy atom. The molecule has 0 aliphatic heterocycles. The van der Waals surface area contributed by atoms with Crippen molar-refractivity contribution in [2.45, 2.75) is 46.1 Å². The van der Waals surface area contributed by atoms with Crippen molar-refractivity contribution < 1.29 is 9.90 Å². The van der Waals surface area contributed by atoms with E-state index in [0.717, 1.165) is 5.56 Å². The molecular formula is C18H27NO2. The molecule has 0 aliphatic carbocycles. The van der Waals surface area contributed by atoms with Crippen LogP contribution in [-0.2, 0) is 4.79 Å². The van der Waals surface area contributed by atoms with E-state index in [0.29, 0.717) is 24.8 Å². The lowest BCUT2D eigenvalue weighted by Gasteiger charge is -2.12. The summed E-state index contributed by atoms with van der Waals surface area (Å²) in [5, 5.41) is 12.4. The first-order valence-corrected chi connectivity index (χ1v) is 7.62. The molecule has 0 saturated heterocycles. The van der Waals surface area contributed by atoms with Gasteiger partial charge in [0.2, 0.25) is 5.91 Å². The third-order valence-electron chi connectivity index (χ3n) is 3.29. The quantitative estimate of drug-likeness (QED) is 0.756. The Labute approximate surface area is 128 Å². The smallest absolute Gasteiger partial charge is 0.244 e. The normalized spacial score (nSPS) is 13.1. The largest absolute Gasteiger partial charge is 0.391 e. The van der Waals surface area contributed by atoms with Crippen molar-refractivity contribution >= 4 is 12.0 Å². The zero-order valence-electron chi connectivity index (χ0n) is 13.5. The van der Waals surface area contributed by atoms with E-state index in [1.807, 2.05) is 26.0 Å². The maximum absolute atomic E-state index is 11.7. The topological polar surface area (TPSA) is 49.3 Å². The molecule has 0 bridgehead atoms. The van der Waals surface area contributed by atoms with Gasteiger partial charge < -0.3 is 10.4 Å². The van der Waals surface area contributed by atoms with Gasteiger partial charge in [0.15, 0.2) is 0 Å². The minimum absolute atomic E-state index is 0.175. The summed E-state index contributed by atoms with van der Waals surface area (Å²) >= 11 is 0. The molecule has 0 radical (unpaired) electrons. The number of hydrogen-bond acceptors (Lipinski definition) is 2. The number of benzene rings is 1. The standard InChI is InChI=1S/C18H27NO2/c1-13(2)11-17(20)12-19-18(21)10-7-15-5-8-16(9-6-15)14(3)4/h5-10,13-14,17,20H,11-12H2,1-4H3,(H,19,21)/b10-7+. The molecule has 3 nitrogen and oxygen atoms in total. The van der Waals surface area contributed by atoms with Gasteiger partial charge in [-0.25, -0.2) is 0 Å². The van der Waals surface area contributed by atoms with Gasteiger partial charge in [0.05, 0.1) is 6.10 Å². The van der Waals surface area contributed by atoms with Crippen LogP contribution in [0.3, 0.4) is 0 Å². The van der Waals surface area contributed by atoms with E-state index in [1.54, 1.807) is 6.08 Å². The number of aliphatic hydroxyl groups is 1. The van der Waals surface area contributed by atoms with Gasteiger partial charge >= 0.3 is 0 Å². The van der Waals surface area contributed by atoms with Crippen LogP contribution in [0, 0.1) is 5.92 Å². The molecule has 0 heterocycles. The first-order chi connectivity index (χ1) is 9.88. The van der Waals surface area contributed by atoms with Crippen LogP contribution < -0.4 is 5.32 Å². The van der Waals surface area contributed by atoms with E-state index in [1.165, 1.54) is 11.6 Å². The molecule has 21 heavy (non-hydrogen) atoms.